The van der Waals surface area contributed by atoms with Crippen molar-refractivity contribution in [1.82, 2.24) is 4.90 Å². The van der Waals surface area contributed by atoms with Gasteiger partial charge in [0.2, 0.25) is 0 Å². The highest BCUT2D eigenvalue weighted by atomic mass is 16.3. The zero-order chi connectivity index (χ0) is 21.8. The first-order chi connectivity index (χ1) is 14.4. The number of hydrogen-bond donors (Lipinski definition) is 1. The third kappa shape index (κ3) is 4.00. The van der Waals surface area contributed by atoms with Crippen molar-refractivity contribution in [3.63, 3.8) is 0 Å². The fourth-order valence-electron chi connectivity index (χ4n) is 3.16. The average molecular weight is 404 g/mol. The van der Waals surface area contributed by atoms with Crippen LogP contribution in [0.2, 0.25) is 0 Å². The van der Waals surface area contributed by atoms with Crippen molar-refractivity contribution in [2.24, 2.45) is 0 Å². The Hall–Kier alpha value is -3.76. The Morgan fingerprint density at radius 2 is 1.87 bits per heavy atom. The SMILES string of the molecule is CC(=O)c1ccc(-c2ccc(/C=C3/C(=O)N(CCCO)C(=O)C(C#N)=C3C)o2)cc1. The molecule has 7 nitrogen and oxygen atoms in total. The number of carbonyl (C=O) groups excluding carboxylic acids is 3. The zero-order valence-electron chi connectivity index (χ0n) is 16.6. The van der Waals surface area contributed by atoms with E-state index < -0.39 is 11.8 Å². The molecule has 1 aromatic heterocycles. The molecule has 0 bridgehead atoms. The van der Waals surface area contributed by atoms with Gasteiger partial charge in [0.15, 0.2) is 5.78 Å². The normalized spacial score (nSPS) is 15.7. The lowest BCUT2D eigenvalue weighted by Crippen LogP contribution is -2.43. The molecule has 1 aliphatic rings. The van der Waals surface area contributed by atoms with E-state index in [2.05, 4.69) is 0 Å². The number of aliphatic hydroxyl groups excluding tert-OH is 1. The molecule has 1 N–H and O–H groups in total. The predicted octanol–water partition coefficient (Wildman–Crippen LogP) is 3.12. The summed E-state index contributed by atoms with van der Waals surface area (Å²) in [6.07, 6.45) is 1.73. The van der Waals surface area contributed by atoms with Gasteiger partial charge in [-0.1, -0.05) is 24.3 Å². The first-order valence-electron chi connectivity index (χ1n) is 9.38. The van der Waals surface area contributed by atoms with Crippen molar-refractivity contribution in [2.75, 3.05) is 13.2 Å². The van der Waals surface area contributed by atoms with Gasteiger partial charge in [-0.05, 0) is 44.1 Å². The highest BCUT2D eigenvalue weighted by molar-refractivity contribution is 6.19. The molecule has 1 aliphatic heterocycles. The van der Waals surface area contributed by atoms with Crippen molar-refractivity contribution < 1.29 is 23.9 Å². The molecule has 0 radical (unpaired) electrons. The highest BCUT2D eigenvalue weighted by Gasteiger charge is 2.35. The molecular weight excluding hydrogens is 384 g/mol. The molecule has 2 amide bonds. The monoisotopic (exact) mass is 404 g/mol. The van der Waals surface area contributed by atoms with E-state index in [9.17, 15) is 19.6 Å². The summed E-state index contributed by atoms with van der Waals surface area (Å²) in [5, 5.41) is 18.4. The molecular formula is C23H20N2O5. The van der Waals surface area contributed by atoms with E-state index in [-0.39, 0.29) is 42.1 Å². The predicted molar refractivity (Wildman–Crippen MR) is 109 cm³/mol. The minimum absolute atomic E-state index is 0.0237. The molecule has 2 heterocycles. The second-order valence-corrected chi connectivity index (χ2v) is 6.84. The molecule has 7 heteroatoms. The van der Waals surface area contributed by atoms with Crippen molar-refractivity contribution in [3.05, 3.63) is 64.4 Å². The van der Waals surface area contributed by atoms with Gasteiger partial charge in [0, 0.05) is 29.9 Å². The van der Waals surface area contributed by atoms with E-state index >= 15 is 0 Å². The van der Waals surface area contributed by atoms with Crippen molar-refractivity contribution in [2.45, 2.75) is 20.3 Å². The third-order valence-corrected chi connectivity index (χ3v) is 4.85. The van der Waals surface area contributed by atoms with Crippen LogP contribution in [0.4, 0.5) is 0 Å². The Labute approximate surface area is 173 Å². The number of amides is 2. The number of hydrogen-bond acceptors (Lipinski definition) is 6. The first-order valence-corrected chi connectivity index (χ1v) is 9.38. The zero-order valence-corrected chi connectivity index (χ0v) is 16.6. The number of nitrogens with zero attached hydrogens (tertiary/aromatic N) is 2. The maximum atomic E-state index is 12.8. The lowest BCUT2D eigenvalue weighted by molar-refractivity contribution is -0.140. The van der Waals surface area contributed by atoms with Gasteiger partial charge in [-0.3, -0.25) is 19.3 Å². The molecule has 0 fully saturated rings. The molecule has 0 atom stereocenters. The molecule has 152 valence electrons. The summed E-state index contributed by atoms with van der Waals surface area (Å²) in [6.45, 7) is 2.89. The van der Waals surface area contributed by atoms with Crippen LogP contribution in [0.3, 0.4) is 0 Å². The fourth-order valence-corrected chi connectivity index (χ4v) is 3.16. The highest BCUT2D eigenvalue weighted by Crippen LogP contribution is 2.29. The number of imide groups is 1. The van der Waals surface area contributed by atoms with E-state index in [0.717, 1.165) is 10.5 Å². The number of ketones is 1. The fraction of sp³-hybridized carbons (Fsp3) is 0.217. The van der Waals surface area contributed by atoms with Crippen molar-refractivity contribution >= 4 is 23.7 Å². The van der Waals surface area contributed by atoms with Gasteiger partial charge >= 0.3 is 0 Å². The van der Waals surface area contributed by atoms with Gasteiger partial charge in [-0.15, -0.1) is 0 Å². The van der Waals surface area contributed by atoms with E-state index in [1.54, 1.807) is 43.3 Å². The van der Waals surface area contributed by atoms with Gasteiger partial charge in [-0.25, -0.2) is 0 Å². The van der Waals surface area contributed by atoms with Crippen LogP contribution in [0.15, 0.2) is 57.5 Å². The van der Waals surface area contributed by atoms with Gasteiger partial charge in [0.25, 0.3) is 11.8 Å². The van der Waals surface area contributed by atoms with Gasteiger partial charge < -0.3 is 9.52 Å². The van der Waals surface area contributed by atoms with Crippen LogP contribution in [-0.2, 0) is 9.59 Å². The van der Waals surface area contributed by atoms with Gasteiger partial charge in [0.1, 0.15) is 23.2 Å². The Balaban J connectivity index is 1.96. The van der Waals surface area contributed by atoms with Crippen LogP contribution in [0.25, 0.3) is 17.4 Å². The van der Waals surface area contributed by atoms with Crippen LogP contribution in [0.1, 0.15) is 36.4 Å². The third-order valence-electron chi connectivity index (χ3n) is 4.85. The van der Waals surface area contributed by atoms with E-state index in [4.69, 9.17) is 9.52 Å². The number of rotatable bonds is 6. The number of Topliss-reactive ketones (excluding diaryl/α,β-unsaturated/α-hetero) is 1. The number of carbonyl (C=O) groups is 3. The minimum atomic E-state index is -0.656. The molecule has 30 heavy (non-hydrogen) atoms. The summed E-state index contributed by atoms with van der Waals surface area (Å²) in [5.41, 5.74) is 1.74. The minimum Gasteiger partial charge on any atom is -0.457 e. The Kier molecular flexibility index (Phi) is 6.09. The summed E-state index contributed by atoms with van der Waals surface area (Å²) in [7, 11) is 0. The van der Waals surface area contributed by atoms with Crippen LogP contribution in [0.5, 0.6) is 0 Å². The molecule has 0 saturated heterocycles. The summed E-state index contributed by atoms with van der Waals surface area (Å²) in [5.74, 6) is -0.282. The maximum absolute atomic E-state index is 12.8. The Bertz CT molecular complexity index is 1110. The summed E-state index contributed by atoms with van der Waals surface area (Å²) in [6, 6.07) is 12.2. The topological polar surface area (TPSA) is 112 Å². The van der Waals surface area contributed by atoms with Crippen LogP contribution >= 0.6 is 0 Å². The average Bonchev–Trinajstić information content (AvgIpc) is 3.20. The molecule has 3 rings (SSSR count). The number of furan rings is 1. The quantitative estimate of drug-likeness (QED) is 0.450. The number of nitriles is 1. The lowest BCUT2D eigenvalue weighted by atomic mass is 9.94. The summed E-state index contributed by atoms with van der Waals surface area (Å²) >= 11 is 0. The van der Waals surface area contributed by atoms with Crippen LogP contribution < -0.4 is 0 Å². The molecule has 0 aliphatic carbocycles. The molecule has 1 aromatic carbocycles. The van der Waals surface area contributed by atoms with Gasteiger partial charge in [0.05, 0.1) is 0 Å². The van der Waals surface area contributed by atoms with Crippen LogP contribution in [0, 0.1) is 11.3 Å². The Morgan fingerprint density at radius 3 is 2.47 bits per heavy atom. The molecule has 0 saturated carbocycles. The van der Waals surface area contributed by atoms with Gasteiger partial charge in [-0.2, -0.15) is 5.26 Å². The summed E-state index contributed by atoms with van der Waals surface area (Å²) < 4.78 is 5.82. The van der Waals surface area contributed by atoms with E-state index in [1.165, 1.54) is 13.0 Å². The Morgan fingerprint density at radius 1 is 1.17 bits per heavy atom. The standard InChI is InChI=1S/C23H20N2O5/c1-14-19(22(28)25(10-3-11-26)23(29)20(14)13-24)12-18-8-9-21(30-18)17-6-4-16(5-7-17)15(2)27/h4-9,12,26H,3,10-11H2,1-2H3/b19-12+. The summed E-state index contributed by atoms with van der Waals surface area (Å²) in [4.78, 5) is 37.6. The lowest BCUT2D eigenvalue weighted by Gasteiger charge is -2.27. The first kappa shape index (κ1) is 21.0. The van der Waals surface area contributed by atoms with E-state index in [1.807, 2.05) is 6.07 Å². The van der Waals surface area contributed by atoms with E-state index in [0.29, 0.717) is 17.1 Å². The van der Waals surface area contributed by atoms with Crippen molar-refractivity contribution in [3.8, 4) is 17.4 Å². The molecule has 0 spiro atoms. The molecule has 2 aromatic rings. The maximum Gasteiger partial charge on any atom is 0.271 e. The second-order valence-electron chi connectivity index (χ2n) is 6.84. The largest absolute Gasteiger partial charge is 0.457 e. The number of aliphatic hydroxyl groups is 1. The molecule has 0 unspecified atom stereocenters. The second kappa shape index (κ2) is 8.72. The smallest absolute Gasteiger partial charge is 0.271 e. The number of benzene rings is 1. The van der Waals surface area contributed by atoms with Crippen LogP contribution in [-0.4, -0.2) is 40.8 Å². The van der Waals surface area contributed by atoms with Crippen molar-refractivity contribution in [1.29, 1.82) is 5.26 Å².